The lowest BCUT2D eigenvalue weighted by Gasteiger charge is -2.03. The first-order valence-electron chi connectivity index (χ1n) is 6.98. The maximum atomic E-state index is 4.77. The first-order chi connectivity index (χ1) is 9.22. The summed E-state index contributed by atoms with van der Waals surface area (Å²) in [6.45, 7) is 5.35. The lowest BCUT2D eigenvalue weighted by molar-refractivity contribution is 0.680. The molecule has 3 rings (SSSR count). The molecule has 1 fully saturated rings. The molecular formula is C16H20N2S. The maximum Gasteiger partial charge on any atom is 0.0945 e. The number of aryl methyl sites for hydroxylation is 2. The van der Waals surface area contributed by atoms with Gasteiger partial charge in [0, 0.05) is 30.0 Å². The Morgan fingerprint density at radius 2 is 2.16 bits per heavy atom. The van der Waals surface area contributed by atoms with E-state index < -0.39 is 0 Å². The molecule has 1 saturated carbocycles. The molecule has 0 aliphatic heterocycles. The van der Waals surface area contributed by atoms with Crippen molar-refractivity contribution in [1.29, 1.82) is 0 Å². The third-order valence-electron chi connectivity index (χ3n) is 3.56. The third-order valence-corrected chi connectivity index (χ3v) is 4.47. The van der Waals surface area contributed by atoms with Crippen LogP contribution in [-0.4, -0.2) is 17.6 Å². The van der Waals surface area contributed by atoms with Crippen molar-refractivity contribution < 1.29 is 0 Å². The zero-order valence-electron chi connectivity index (χ0n) is 11.6. The number of hydrogen-bond donors (Lipinski definition) is 1. The van der Waals surface area contributed by atoms with Crippen molar-refractivity contribution in [1.82, 2.24) is 10.3 Å². The minimum Gasteiger partial charge on any atom is -0.314 e. The van der Waals surface area contributed by atoms with E-state index in [1.54, 1.807) is 11.3 Å². The summed E-state index contributed by atoms with van der Waals surface area (Å²) < 4.78 is 0. The van der Waals surface area contributed by atoms with Gasteiger partial charge in [0.1, 0.15) is 0 Å². The monoisotopic (exact) mass is 272 g/mol. The number of nitrogens with zero attached hydrogens (tertiary/aromatic N) is 1. The highest BCUT2D eigenvalue weighted by Crippen LogP contribution is 2.26. The van der Waals surface area contributed by atoms with Crippen LogP contribution in [-0.2, 0) is 6.42 Å². The van der Waals surface area contributed by atoms with Gasteiger partial charge in [0.2, 0.25) is 0 Å². The summed E-state index contributed by atoms with van der Waals surface area (Å²) in [7, 11) is 0. The van der Waals surface area contributed by atoms with Crippen molar-refractivity contribution in [2.24, 2.45) is 0 Å². The van der Waals surface area contributed by atoms with Gasteiger partial charge in [0.05, 0.1) is 10.7 Å². The molecule has 1 heterocycles. The Bertz CT molecular complexity index is 570. The molecule has 0 amide bonds. The molecule has 2 nitrogen and oxygen atoms in total. The molecule has 100 valence electrons. The Kier molecular flexibility index (Phi) is 3.67. The van der Waals surface area contributed by atoms with Gasteiger partial charge >= 0.3 is 0 Å². The molecule has 0 saturated heterocycles. The van der Waals surface area contributed by atoms with Gasteiger partial charge < -0.3 is 5.32 Å². The van der Waals surface area contributed by atoms with Crippen LogP contribution in [0.2, 0.25) is 0 Å². The molecule has 19 heavy (non-hydrogen) atoms. The van der Waals surface area contributed by atoms with Gasteiger partial charge in [-0.05, 0) is 32.3 Å². The van der Waals surface area contributed by atoms with Gasteiger partial charge in [-0.15, -0.1) is 11.3 Å². The topological polar surface area (TPSA) is 24.9 Å². The van der Waals surface area contributed by atoms with E-state index in [1.807, 2.05) is 0 Å². The van der Waals surface area contributed by atoms with Crippen molar-refractivity contribution in [3.63, 3.8) is 0 Å². The molecule has 0 spiro atoms. The van der Waals surface area contributed by atoms with Crippen LogP contribution < -0.4 is 5.32 Å². The molecule has 0 radical (unpaired) electrons. The number of nitrogens with one attached hydrogen (secondary N) is 1. The number of aromatic nitrogens is 1. The van der Waals surface area contributed by atoms with E-state index >= 15 is 0 Å². The number of thiazole rings is 1. The van der Waals surface area contributed by atoms with Crippen LogP contribution in [0.25, 0.3) is 11.3 Å². The van der Waals surface area contributed by atoms with Crippen LogP contribution in [0.4, 0.5) is 0 Å². The summed E-state index contributed by atoms with van der Waals surface area (Å²) in [6, 6.07) is 7.36. The molecule has 1 aromatic heterocycles. The Morgan fingerprint density at radius 1 is 1.32 bits per heavy atom. The molecule has 0 unspecified atom stereocenters. The summed E-state index contributed by atoms with van der Waals surface area (Å²) in [5.74, 6) is 0. The zero-order valence-corrected chi connectivity index (χ0v) is 12.4. The van der Waals surface area contributed by atoms with E-state index in [0.29, 0.717) is 0 Å². The average Bonchev–Trinajstić information content (AvgIpc) is 3.07. The summed E-state index contributed by atoms with van der Waals surface area (Å²) in [5, 5.41) is 6.96. The Balaban J connectivity index is 1.68. The van der Waals surface area contributed by atoms with E-state index in [9.17, 15) is 0 Å². The van der Waals surface area contributed by atoms with Crippen LogP contribution in [0, 0.1) is 13.8 Å². The summed E-state index contributed by atoms with van der Waals surface area (Å²) in [6.07, 6.45) is 3.75. The van der Waals surface area contributed by atoms with E-state index in [2.05, 4.69) is 42.7 Å². The average molecular weight is 272 g/mol. The maximum absolute atomic E-state index is 4.77. The van der Waals surface area contributed by atoms with Crippen molar-refractivity contribution in [2.75, 3.05) is 6.54 Å². The fraction of sp³-hybridized carbons (Fsp3) is 0.438. The van der Waals surface area contributed by atoms with E-state index in [1.165, 1.54) is 34.5 Å². The Morgan fingerprint density at radius 3 is 2.89 bits per heavy atom. The molecule has 2 aromatic rings. The van der Waals surface area contributed by atoms with Gasteiger partial charge in [-0.1, -0.05) is 23.8 Å². The van der Waals surface area contributed by atoms with Crippen molar-refractivity contribution >= 4 is 11.3 Å². The first-order valence-corrected chi connectivity index (χ1v) is 7.86. The van der Waals surface area contributed by atoms with Gasteiger partial charge in [0.25, 0.3) is 0 Å². The highest BCUT2D eigenvalue weighted by atomic mass is 32.1. The lowest BCUT2D eigenvalue weighted by Crippen LogP contribution is -2.19. The molecular weight excluding hydrogens is 252 g/mol. The second kappa shape index (κ2) is 5.43. The van der Waals surface area contributed by atoms with E-state index in [-0.39, 0.29) is 0 Å². The molecule has 3 heteroatoms. The second-order valence-electron chi connectivity index (χ2n) is 5.42. The molecule has 0 bridgehead atoms. The Labute approximate surface area is 118 Å². The summed E-state index contributed by atoms with van der Waals surface area (Å²) >= 11 is 1.78. The van der Waals surface area contributed by atoms with E-state index in [4.69, 9.17) is 4.98 Å². The molecule has 1 aromatic carbocycles. The molecule has 1 aliphatic rings. The second-order valence-corrected chi connectivity index (χ2v) is 6.37. The quantitative estimate of drug-likeness (QED) is 0.897. The third kappa shape index (κ3) is 3.23. The van der Waals surface area contributed by atoms with Crippen LogP contribution in [0.5, 0.6) is 0 Å². The summed E-state index contributed by atoms with van der Waals surface area (Å²) in [4.78, 5) is 4.77. The number of hydrogen-bond acceptors (Lipinski definition) is 3. The zero-order chi connectivity index (χ0) is 13.2. The van der Waals surface area contributed by atoms with Crippen LogP contribution in [0.1, 0.15) is 29.0 Å². The molecule has 0 atom stereocenters. The predicted molar refractivity (Wildman–Crippen MR) is 81.8 cm³/mol. The predicted octanol–water partition coefficient (Wildman–Crippen LogP) is 3.72. The fourth-order valence-corrected chi connectivity index (χ4v) is 3.12. The minimum atomic E-state index is 0.791. The largest absolute Gasteiger partial charge is 0.314 e. The number of benzene rings is 1. The normalized spacial score (nSPS) is 14.8. The Hall–Kier alpha value is -1.19. The van der Waals surface area contributed by atoms with Gasteiger partial charge in [-0.2, -0.15) is 0 Å². The van der Waals surface area contributed by atoms with Gasteiger partial charge in [0.15, 0.2) is 0 Å². The first kappa shape index (κ1) is 12.8. The fourth-order valence-electron chi connectivity index (χ4n) is 2.32. The number of rotatable bonds is 5. The highest BCUT2D eigenvalue weighted by molar-refractivity contribution is 7.09. The summed E-state index contributed by atoms with van der Waals surface area (Å²) in [5.41, 5.74) is 5.02. The van der Waals surface area contributed by atoms with E-state index in [0.717, 1.165) is 24.7 Å². The van der Waals surface area contributed by atoms with Gasteiger partial charge in [-0.3, -0.25) is 0 Å². The van der Waals surface area contributed by atoms with Crippen LogP contribution in [0.3, 0.4) is 0 Å². The lowest BCUT2D eigenvalue weighted by atomic mass is 10.0. The van der Waals surface area contributed by atoms with Gasteiger partial charge in [-0.25, -0.2) is 4.98 Å². The van der Waals surface area contributed by atoms with Crippen LogP contribution >= 0.6 is 11.3 Å². The minimum absolute atomic E-state index is 0.791. The molecule has 1 aliphatic carbocycles. The standard InChI is InChI=1S/C16H20N2S/c1-11-3-6-14(12(2)9-11)15-10-19-16(18-15)7-8-17-13-4-5-13/h3,6,9-10,13,17H,4-5,7-8H2,1-2H3. The molecule has 1 N–H and O–H groups in total. The van der Waals surface area contributed by atoms with Crippen molar-refractivity contribution in [2.45, 2.75) is 39.2 Å². The van der Waals surface area contributed by atoms with Crippen molar-refractivity contribution in [3.05, 3.63) is 39.7 Å². The van der Waals surface area contributed by atoms with Crippen molar-refractivity contribution in [3.8, 4) is 11.3 Å². The smallest absolute Gasteiger partial charge is 0.0945 e. The highest BCUT2D eigenvalue weighted by Gasteiger charge is 2.19. The van der Waals surface area contributed by atoms with Crippen LogP contribution in [0.15, 0.2) is 23.6 Å². The SMILES string of the molecule is Cc1ccc(-c2csc(CCNC3CC3)n2)c(C)c1.